The number of aromatic nitrogens is 3. The number of halogens is 6. The van der Waals surface area contributed by atoms with Gasteiger partial charge in [0.2, 0.25) is 0 Å². The first kappa shape index (κ1) is 22.1. The van der Waals surface area contributed by atoms with Crippen LogP contribution in [0, 0.1) is 11.6 Å². The normalized spacial score (nSPS) is 15.3. The standard InChI is InChI=1S/C20H17F6N5O/c21-12-3-1-2-11(17(12)22)10-29-4-6-30(7-5-29)20(32)14-9-16-27-13(18(23)24)8-15(19(25)26)31(16)28-14/h1-3,8-9,18-19H,4-7,10H2. The molecule has 12 heteroatoms. The highest BCUT2D eigenvalue weighted by molar-refractivity contribution is 5.93. The van der Waals surface area contributed by atoms with E-state index in [9.17, 15) is 31.1 Å². The summed E-state index contributed by atoms with van der Waals surface area (Å²) in [6, 6.07) is 5.58. The molecule has 1 saturated heterocycles. The fraction of sp³-hybridized carbons (Fsp3) is 0.350. The average molecular weight is 457 g/mol. The fourth-order valence-corrected chi connectivity index (χ4v) is 3.57. The molecule has 0 aliphatic carbocycles. The summed E-state index contributed by atoms with van der Waals surface area (Å²) in [4.78, 5) is 19.7. The first-order valence-corrected chi connectivity index (χ1v) is 9.66. The third-order valence-electron chi connectivity index (χ3n) is 5.23. The lowest BCUT2D eigenvalue weighted by atomic mass is 10.1. The van der Waals surface area contributed by atoms with E-state index in [1.807, 2.05) is 4.90 Å². The lowest BCUT2D eigenvalue weighted by Crippen LogP contribution is -2.48. The molecule has 0 atom stereocenters. The van der Waals surface area contributed by atoms with Gasteiger partial charge in [-0.15, -0.1) is 0 Å². The van der Waals surface area contributed by atoms with Crippen LogP contribution in [0.15, 0.2) is 30.3 Å². The van der Waals surface area contributed by atoms with Gasteiger partial charge in [0, 0.05) is 44.4 Å². The van der Waals surface area contributed by atoms with Gasteiger partial charge in [-0.05, 0) is 12.1 Å². The number of rotatable bonds is 5. The van der Waals surface area contributed by atoms with Crippen LogP contribution in [-0.4, -0.2) is 56.5 Å². The van der Waals surface area contributed by atoms with Crippen molar-refractivity contribution in [3.63, 3.8) is 0 Å². The summed E-state index contributed by atoms with van der Waals surface area (Å²) in [6.07, 6.45) is -6.14. The lowest BCUT2D eigenvalue weighted by Gasteiger charge is -2.34. The van der Waals surface area contributed by atoms with E-state index in [4.69, 9.17) is 0 Å². The molecule has 0 radical (unpaired) electrons. The maximum atomic E-state index is 13.9. The van der Waals surface area contributed by atoms with Gasteiger partial charge >= 0.3 is 0 Å². The molecule has 0 bridgehead atoms. The molecule has 1 aliphatic rings. The van der Waals surface area contributed by atoms with Gasteiger partial charge in [0.1, 0.15) is 11.4 Å². The Balaban J connectivity index is 1.48. The van der Waals surface area contributed by atoms with Gasteiger partial charge in [-0.25, -0.2) is 35.8 Å². The van der Waals surface area contributed by atoms with E-state index in [0.717, 1.165) is 12.1 Å². The summed E-state index contributed by atoms with van der Waals surface area (Å²) in [5.41, 5.74) is -1.89. The van der Waals surface area contributed by atoms with E-state index in [0.29, 0.717) is 23.7 Å². The largest absolute Gasteiger partial charge is 0.335 e. The topological polar surface area (TPSA) is 53.7 Å². The Labute approximate surface area is 178 Å². The molecular weight excluding hydrogens is 440 g/mol. The van der Waals surface area contributed by atoms with Crippen molar-refractivity contribution in [2.45, 2.75) is 19.4 Å². The fourth-order valence-electron chi connectivity index (χ4n) is 3.57. The molecule has 3 heterocycles. The third-order valence-corrected chi connectivity index (χ3v) is 5.23. The van der Waals surface area contributed by atoms with Crippen molar-refractivity contribution in [1.29, 1.82) is 0 Å². The van der Waals surface area contributed by atoms with Crippen LogP contribution in [-0.2, 0) is 6.54 Å². The molecule has 170 valence electrons. The van der Waals surface area contributed by atoms with Gasteiger partial charge in [-0.3, -0.25) is 9.69 Å². The van der Waals surface area contributed by atoms with Crippen LogP contribution < -0.4 is 0 Å². The smallest absolute Gasteiger partial charge is 0.280 e. The molecule has 0 N–H and O–H groups in total. The van der Waals surface area contributed by atoms with Gasteiger partial charge in [0.25, 0.3) is 18.8 Å². The highest BCUT2D eigenvalue weighted by Crippen LogP contribution is 2.26. The van der Waals surface area contributed by atoms with Crippen molar-refractivity contribution in [3.8, 4) is 0 Å². The second kappa shape index (κ2) is 8.77. The van der Waals surface area contributed by atoms with E-state index in [1.165, 1.54) is 17.0 Å². The molecule has 0 spiro atoms. The van der Waals surface area contributed by atoms with E-state index >= 15 is 0 Å². The van der Waals surface area contributed by atoms with Crippen molar-refractivity contribution in [1.82, 2.24) is 24.4 Å². The van der Waals surface area contributed by atoms with Crippen molar-refractivity contribution >= 4 is 11.6 Å². The van der Waals surface area contributed by atoms with Crippen molar-refractivity contribution < 1.29 is 31.1 Å². The highest BCUT2D eigenvalue weighted by atomic mass is 19.3. The van der Waals surface area contributed by atoms with Gasteiger partial charge in [-0.2, -0.15) is 5.10 Å². The quantitative estimate of drug-likeness (QED) is 0.547. The molecule has 6 nitrogen and oxygen atoms in total. The minimum atomic E-state index is -3.09. The zero-order valence-electron chi connectivity index (χ0n) is 16.5. The SMILES string of the molecule is O=C(c1cc2nc(C(F)F)cc(C(F)F)n2n1)N1CCN(Cc2cccc(F)c2F)CC1. The highest BCUT2D eigenvalue weighted by Gasteiger charge is 2.27. The van der Waals surface area contributed by atoms with Crippen LogP contribution >= 0.6 is 0 Å². The zero-order valence-corrected chi connectivity index (χ0v) is 16.5. The summed E-state index contributed by atoms with van der Waals surface area (Å²) in [5.74, 6) is -2.41. The Hall–Kier alpha value is -3.15. The first-order valence-electron chi connectivity index (χ1n) is 9.66. The molecule has 1 amide bonds. The molecule has 3 aromatic rings. The van der Waals surface area contributed by atoms with Crippen LogP contribution in [0.4, 0.5) is 26.3 Å². The minimum absolute atomic E-state index is 0.165. The summed E-state index contributed by atoms with van der Waals surface area (Å²) in [5, 5.41) is 3.85. The number of piperazine rings is 1. The number of benzene rings is 1. The number of hydrogen-bond acceptors (Lipinski definition) is 4. The molecule has 0 saturated carbocycles. The Morgan fingerprint density at radius 1 is 1.00 bits per heavy atom. The summed E-state index contributed by atoms with van der Waals surface area (Å²) in [7, 11) is 0. The molecule has 0 unspecified atom stereocenters. The first-order chi connectivity index (χ1) is 15.2. The van der Waals surface area contributed by atoms with Crippen LogP contribution in [0.5, 0.6) is 0 Å². The summed E-state index contributed by atoms with van der Waals surface area (Å²) < 4.78 is 80.5. The number of amides is 1. The monoisotopic (exact) mass is 457 g/mol. The number of alkyl halides is 4. The van der Waals surface area contributed by atoms with Crippen LogP contribution in [0.2, 0.25) is 0 Å². The summed E-state index contributed by atoms with van der Waals surface area (Å²) >= 11 is 0. The van der Waals surface area contributed by atoms with Crippen LogP contribution in [0.25, 0.3) is 5.65 Å². The molecular formula is C20H17F6N5O. The van der Waals surface area contributed by atoms with E-state index in [1.54, 1.807) is 0 Å². The van der Waals surface area contributed by atoms with Crippen molar-refractivity contribution in [2.75, 3.05) is 26.2 Å². The predicted molar refractivity (Wildman–Crippen MR) is 100 cm³/mol. The van der Waals surface area contributed by atoms with Crippen molar-refractivity contribution in [2.24, 2.45) is 0 Å². The van der Waals surface area contributed by atoms with Gasteiger partial charge in [0.15, 0.2) is 23.0 Å². The van der Waals surface area contributed by atoms with E-state index in [2.05, 4.69) is 10.1 Å². The predicted octanol–water partition coefficient (Wildman–Crippen LogP) is 3.84. The Kier molecular flexibility index (Phi) is 6.04. The maximum absolute atomic E-state index is 13.9. The second-order valence-corrected chi connectivity index (χ2v) is 7.29. The van der Waals surface area contributed by atoms with Gasteiger partial charge in [-0.1, -0.05) is 12.1 Å². The number of nitrogens with zero attached hydrogens (tertiary/aromatic N) is 5. The second-order valence-electron chi connectivity index (χ2n) is 7.29. The average Bonchev–Trinajstić information content (AvgIpc) is 3.20. The third kappa shape index (κ3) is 4.27. The molecule has 32 heavy (non-hydrogen) atoms. The van der Waals surface area contributed by atoms with Crippen LogP contribution in [0.3, 0.4) is 0 Å². The van der Waals surface area contributed by atoms with E-state index < -0.39 is 41.8 Å². The van der Waals surface area contributed by atoms with E-state index in [-0.39, 0.29) is 36.5 Å². The van der Waals surface area contributed by atoms with Gasteiger partial charge < -0.3 is 4.90 Å². The van der Waals surface area contributed by atoms with Crippen LogP contribution in [0.1, 0.15) is 40.3 Å². The number of carbonyl (C=O) groups is 1. The number of fused-ring (bicyclic) bond motifs is 1. The Bertz CT molecular complexity index is 1140. The van der Waals surface area contributed by atoms with Gasteiger partial charge in [0.05, 0.1) is 0 Å². The molecule has 2 aromatic heterocycles. The Morgan fingerprint density at radius 2 is 1.72 bits per heavy atom. The number of carbonyl (C=O) groups excluding carboxylic acids is 1. The molecule has 1 aromatic carbocycles. The maximum Gasteiger partial charge on any atom is 0.280 e. The zero-order chi connectivity index (χ0) is 23.0. The molecule has 1 fully saturated rings. The number of hydrogen-bond donors (Lipinski definition) is 0. The minimum Gasteiger partial charge on any atom is -0.335 e. The van der Waals surface area contributed by atoms with Crippen molar-refractivity contribution in [3.05, 3.63) is 64.6 Å². The Morgan fingerprint density at radius 3 is 2.38 bits per heavy atom. The molecule has 1 aliphatic heterocycles. The summed E-state index contributed by atoms with van der Waals surface area (Å²) in [6.45, 7) is 1.37. The lowest BCUT2D eigenvalue weighted by molar-refractivity contribution is 0.0620. The molecule has 4 rings (SSSR count).